The van der Waals surface area contributed by atoms with Crippen molar-refractivity contribution in [2.75, 3.05) is 5.73 Å². The summed E-state index contributed by atoms with van der Waals surface area (Å²) in [5.74, 6) is -0.0693. The summed E-state index contributed by atoms with van der Waals surface area (Å²) in [4.78, 5) is 0. The van der Waals surface area contributed by atoms with Crippen molar-refractivity contribution >= 4 is 42.7 Å². The van der Waals surface area contributed by atoms with Crippen molar-refractivity contribution in [2.45, 2.75) is 0 Å². The maximum absolute atomic E-state index is 5.54. The van der Waals surface area contributed by atoms with Crippen molar-refractivity contribution in [2.24, 2.45) is 21.7 Å². The average Bonchev–Trinajstić information content (AvgIpc) is 2.03. The van der Waals surface area contributed by atoms with Crippen LogP contribution >= 0.6 is 24.8 Å². The van der Waals surface area contributed by atoms with E-state index in [1.165, 1.54) is 6.21 Å². The molecule has 0 aromatic heterocycles. The maximum atomic E-state index is 5.54. The first-order valence-corrected chi connectivity index (χ1v) is 3.66. The third kappa shape index (κ3) is 6.59. The van der Waals surface area contributed by atoms with Crippen LogP contribution in [0.2, 0.25) is 0 Å². The maximum Gasteiger partial charge on any atom is 0.211 e. The molecule has 0 heterocycles. The molecule has 1 rings (SSSR count). The number of nitrogens with zero attached hydrogens (tertiary/aromatic N) is 2. The Labute approximate surface area is 100 Å². The first kappa shape index (κ1) is 16.0. The molecular weight excluding hydrogens is 237 g/mol. The summed E-state index contributed by atoms with van der Waals surface area (Å²) in [6, 6.07) is 7.23. The minimum Gasteiger partial charge on any atom is -0.399 e. The highest BCUT2D eigenvalue weighted by Crippen LogP contribution is 2.03. The molecule has 0 bridgehead atoms. The van der Waals surface area contributed by atoms with E-state index in [4.69, 9.17) is 17.2 Å². The van der Waals surface area contributed by atoms with E-state index < -0.39 is 0 Å². The molecule has 0 radical (unpaired) electrons. The second kappa shape index (κ2) is 7.90. The van der Waals surface area contributed by atoms with Crippen LogP contribution in [0.25, 0.3) is 0 Å². The Bertz CT molecular complexity index is 347. The fourth-order valence-corrected chi connectivity index (χ4v) is 0.802. The number of rotatable bonds is 2. The predicted octanol–water partition coefficient (Wildman–Crippen LogP) is 0.720. The van der Waals surface area contributed by atoms with Crippen LogP contribution in [0.1, 0.15) is 5.56 Å². The SMILES string of the molecule is Cl.Cl.NC(N)=N/N=C/c1cccc(N)c1. The van der Waals surface area contributed by atoms with Crippen molar-refractivity contribution in [1.29, 1.82) is 0 Å². The van der Waals surface area contributed by atoms with Gasteiger partial charge in [0.15, 0.2) is 0 Å². The summed E-state index contributed by atoms with van der Waals surface area (Å²) in [6.07, 6.45) is 1.52. The van der Waals surface area contributed by atoms with E-state index in [1.54, 1.807) is 12.1 Å². The van der Waals surface area contributed by atoms with Gasteiger partial charge in [0, 0.05) is 5.69 Å². The molecule has 0 fully saturated rings. The summed E-state index contributed by atoms with van der Waals surface area (Å²) in [7, 11) is 0. The fraction of sp³-hybridized carbons (Fsp3) is 0. The highest BCUT2D eigenvalue weighted by Gasteiger charge is 1.87. The molecule has 0 atom stereocenters. The minimum atomic E-state index is -0.0693. The molecule has 7 heteroatoms. The third-order valence-electron chi connectivity index (χ3n) is 1.29. The van der Waals surface area contributed by atoms with Gasteiger partial charge in [-0.15, -0.1) is 29.9 Å². The lowest BCUT2D eigenvalue weighted by atomic mass is 10.2. The van der Waals surface area contributed by atoms with E-state index in [0.717, 1.165) is 5.56 Å². The number of hydrogen-bond acceptors (Lipinski definition) is 3. The van der Waals surface area contributed by atoms with Crippen molar-refractivity contribution in [3.05, 3.63) is 29.8 Å². The lowest BCUT2D eigenvalue weighted by Crippen LogP contribution is -2.21. The van der Waals surface area contributed by atoms with Gasteiger partial charge in [0.05, 0.1) is 6.21 Å². The van der Waals surface area contributed by atoms with Gasteiger partial charge < -0.3 is 17.2 Å². The summed E-state index contributed by atoms with van der Waals surface area (Å²) in [6.45, 7) is 0. The minimum absolute atomic E-state index is 0. The highest BCUT2D eigenvalue weighted by atomic mass is 35.5. The Kier molecular flexibility index (Phi) is 8.42. The molecule has 0 saturated carbocycles. The van der Waals surface area contributed by atoms with E-state index >= 15 is 0 Å². The molecule has 0 saturated heterocycles. The summed E-state index contributed by atoms with van der Waals surface area (Å²) >= 11 is 0. The second-order valence-corrected chi connectivity index (χ2v) is 2.44. The van der Waals surface area contributed by atoms with Crippen LogP contribution in [0.3, 0.4) is 0 Å². The van der Waals surface area contributed by atoms with E-state index in [-0.39, 0.29) is 30.8 Å². The Morgan fingerprint density at radius 3 is 2.40 bits per heavy atom. The van der Waals surface area contributed by atoms with Crippen molar-refractivity contribution < 1.29 is 0 Å². The molecule has 0 unspecified atom stereocenters. The molecule has 0 aliphatic rings. The zero-order valence-corrected chi connectivity index (χ0v) is 9.46. The number of halogens is 2. The van der Waals surface area contributed by atoms with Gasteiger partial charge in [-0.25, -0.2) is 0 Å². The highest BCUT2D eigenvalue weighted by molar-refractivity contribution is 5.85. The zero-order valence-electron chi connectivity index (χ0n) is 7.83. The first-order chi connectivity index (χ1) is 6.18. The molecule has 15 heavy (non-hydrogen) atoms. The molecule has 6 N–H and O–H groups in total. The number of anilines is 1. The number of nitrogen functional groups attached to an aromatic ring is 1. The normalized spacial score (nSPS) is 8.80. The second-order valence-electron chi connectivity index (χ2n) is 2.44. The molecule has 84 valence electrons. The fourth-order valence-electron chi connectivity index (χ4n) is 0.802. The summed E-state index contributed by atoms with van der Waals surface area (Å²) < 4.78 is 0. The Morgan fingerprint density at radius 1 is 1.20 bits per heavy atom. The number of guanidine groups is 1. The largest absolute Gasteiger partial charge is 0.399 e. The van der Waals surface area contributed by atoms with Crippen LogP contribution in [0.4, 0.5) is 5.69 Å². The van der Waals surface area contributed by atoms with Crippen molar-refractivity contribution in [1.82, 2.24) is 0 Å². The van der Waals surface area contributed by atoms with Gasteiger partial charge in [0.2, 0.25) is 5.96 Å². The quantitative estimate of drug-likeness (QED) is 0.312. The lowest BCUT2D eigenvalue weighted by Gasteiger charge is -1.93. The lowest BCUT2D eigenvalue weighted by molar-refractivity contribution is 1.21. The Morgan fingerprint density at radius 2 is 1.87 bits per heavy atom. The number of benzene rings is 1. The molecule has 0 aliphatic heterocycles. The van der Waals surface area contributed by atoms with Gasteiger partial charge in [-0.1, -0.05) is 12.1 Å². The smallest absolute Gasteiger partial charge is 0.211 e. The van der Waals surface area contributed by atoms with E-state index in [1.807, 2.05) is 12.1 Å². The average molecular weight is 250 g/mol. The van der Waals surface area contributed by atoms with Gasteiger partial charge in [-0.3, -0.25) is 0 Å². The van der Waals surface area contributed by atoms with Crippen LogP contribution in [0.15, 0.2) is 34.5 Å². The predicted molar refractivity (Wildman–Crippen MR) is 68.8 cm³/mol. The molecule has 1 aromatic carbocycles. The van der Waals surface area contributed by atoms with Crippen molar-refractivity contribution in [3.63, 3.8) is 0 Å². The molecule has 5 nitrogen and oxygen atoms in total. The number of hydrogen-bond donors (Lipinski definition) is 3. The van der Waals surface area contributed by atoms with Crippen LogP contribution in [0.5, 0.6) is 0 Å². The van der Waals surface area contributed by atoms with Crippen molar-refractivity contribution in [3.8, 4) is 0 Å². The molecule has 0 amide bonds. The number of nitrogens with two attached hydrogens (primary N) is 3. The monoisotopic (exact) mass is 249 g/mol. The molecule has 1 aromatic rings. The van der Waals surface area contributed by atoms with Crippen LogP contribution in [-0.2, 0) is 0 Å². The van der Waals surface area contributed by atoms with Crippen LogP contribution < -0.4 is 17.2 Å². The van der Waals surface area contributed by atoms with Crippen LogP contribution in [0, 0.1) is 0 Å². The van der Waals surface area contributed by atoms with Gasteiger partial charge in [-0.05, 0) is 17.7 Å². The molecule has 0 aliphatic carbocycles. The van der Waals surface area contributed by atoms with E-state index in [0.29, 0.717) is 5.69 Å². The van der Waals surface area contributed by atoms with E-state index in [2.05, 4.69) is 10.2 Å². The summed E-state index contributed by atoms with van der Waals surface area (Å²) in [5.41, 5.74) is 17.2. The third-order valence-corrected chi connectivity index (χ3v) is 1.29. The Balaban J connectivity index is 0. The zero-order chi connectivity index (χ0) is 9.68. The van der Waals surface area contributed by atoms with Gasteiger partial charge in [-0.2, -0.15) is 5.10 Å². The topological polar surface area (TPSA) is 103 Å². The van der Waals surface area contributed by atoms with E-state index in [9.17, 15) is 0 Å². The van der Waals surface area contributed by atoms with Gasteiger partial charge in [0.25, 0.3) is 0 Å². The molecular formula is C8H13Cl2N5. The summed E-state index contributed by atoms with van der Waals surface area (Å²) in [5, 5.41) is 7.09. The standard InChI is InChI=1S/C8H11N5.2ClH/c9-7-3-1-2-6(4-7)5-12-13-8(10)11;;/h1-5H,9H2,(H4,10,11,13);2*1H/b12-5+;;. The first-order valence-electron chi connectivity index (χ1n) is 3.66. The Hall–Kier alpha value is -1.46. The molecule has 0 spiro atoms. The van der Waals surface area contributed by atoms with Gasteiger partial charge in [0.1, 0.15) is 0 Å². The van der Waals surface area contributed by atoms with Crippen LogP contribution in [-0.4, -0.2) is 12.2 Å². The van der Waals surface area contributed by atoms with Gasteiger partial charge >= 0.3 is 0 Å².